The zero-order chi connectivity index (χ0) is 11.6. The lowest BCUT2D eigenvalue weighted by molar-refractivity contribution is -0.276. The predicted octanol–water partition coefficient (Wildman–Crippen LogP) is 3.16. The highest BCUT2D eigenvalue weighted by Crippen LogP contribution is 2.31. The first-order valence-corrected chi connectivity index (χ1v) is 4.11. The molecule has 0 radical (unpaired) electrons. The minimum Gasteiger partial charge on any atom is -0.386 e. The number of nitrogens with zero attached hydrogens (tertiary/aromatic N) is 2. The van der Waals surface area contributed by atoms with Crippen molar-refractivity contribution < 1.29 is 17.9 Å². The third-order valence-corrected chi connectivity index (χ3v) is 1.77. The van der Waals surface area contributed by atoms with Gasteiger partial charge in [-0.3, -0.25) is 0 Å². The van der Waals surface area contributed by atoms with E-state index in [4.69, 9.17) is 28.5 Å². The van der Waals surface area contributed by atoms with Crippen molar-refractivity contribution >= 4 is 23.2 Å². The summed E-state index contributed by atoms with van der Waals surface area (Å²) in [6.45, 7) is 0. The van der Waals surface area contributed by atoms with Crippen LogP contribution in [-0.2, 0) is 0 Å². The van der Waals surface area contributed by atoms with E-state index in [-0.39, 0.29) is 10.7 Å². The van der Waals surface area contributed by atoms with Gasteiger partial charge < -0.3 is 4.74 Å². The molecule has 0 aromatic carbocycles. The van der Waals surface area contributed by atoms with Crippen LogP contribution in [0, 0.1) is 11.3 Å². The summed E-state index contributed by atoms with van der Waals surface area (Å²) in [6.07, 6.45) is -4.92. The van der Waals surface area contributed by atoms with Gasteiger partial charge in [-0.05, 0) is 6.07 Å². The van der Waals surface area contributed by atoms with E-state index in [2.05, 4.69) is 9.72 Å². The molecule has 1 aromatic rings. The van der Waals surface area contributed by atoms with E-state index < -0.39 is 17.3 Å². The summed E-state index contributed by atoms with van der Waals surface area (Å²) < 4.78 is 38.9. The average molecular weight is 257 g/mol. The van der Waals surface area contributed by atoms with Crippen molar-refractivity contribution in [2.45, 2.75) is 6.36 Å². The first-order valence-electron chi connectivity index (χ1n) is 3.35. The minimum atomic E-state index is -4.92. The molecule has 0 saturated carbocycles. The van der Waals surface area contributed by atoms with Crippen molar-refractivity contribution in [3.63, 3.8) is 0 Å². The molecular formula is C7HCl2F3N2O. The molecule has 0 unspecified atom stereocenters. The summed E-state index contributed by atoms with van der Waals surface area (Å²) in [6, 6.07) is 2.45. The maximum atomic E-state index is 11.8. The SMILES string of the molecule is N#Cc1nc(OC(F)(F)F)c(Cl)cc1Cl. The zero-order valence-electron chi connectivity index (χ0n) is 6.77. The van der Waals surface area contributed by atoms with Crippen molar-refractivity contribution in [3.05, 3.63) is 21.8 Å². The Morgan fingerprint density at radius 3 is 2.40 bits per heavy atom. The van der Waals surface area contributed by atoms with Gasteiger partial charge in [0.1, 0.15) is 11.1 Å². The third kappa shape index (κ3) is 3.15. The van der Waals surface area contributed by atoms with Crippen LogP contribution < -0.4 is 4.74 Å². The Kier molecular flexibility index (Phi) is 3.27. The maximum absolute atomic E-state index is 11.8. The number of hydrogen-bond donors (Lipinski definition) is 0. The van der Waals surface area contributed by atoms with Gasteiger partial charge in [-0.2, -0.15) is 10.2 Å². The second-order valence-electron chi connectivity index (χ2n) is 2.27. The second-order valence-corrected chi connectivity index (χ2v) is 3.08. The summed E-state index contributed by atoms with van der Waals surface area (Å²) in [5, 5.41) is 7.89. The fourth-order valence-electron chi connectivity index (χ4n) is 0.709. The van der Waals surface area contributed by atoms with Gasteiger partial charge >= 0.3 is 6.36 Å². The molecule has 1 rings (SSSR count). The molecule has 15 heavy (non-hydrogen) atoms. The molecule has 0 spiro atoms. The fraction of sp³-hybridized carbons (Fsp3) is 0.143. The highest BCUT2D eigenvalue weighted by molar-refractivity contribution is 6.35. The summed E-state index contributed by atoms with van der Waals surface area (Å²) in [7, 11) is 0. The van der Waals surface area contributed by atoms with Crippen molar-refractivity contribution in [3.8, 4) is 11.9 Å². The summed E-state index contributed by atoms with van der Waals surface area (Å²) in [5.74, 6) is -0.898. The van der Waals surface area contributed by atoms with Crippen molar-refractivity contribution in [2.24, 2.45) is 0 Å². The van der Waals surface area contributed by atoms with Gasteiger partial charge in [0.15, 0.2) is 5.69 Å². The van der Waals surface area contributed by atoms with Gasteiger partial charge in [0.25, 0.3) is 0 Å². The molecule has 0 fully saturated rings. The van der Waals surface area contributed by atoms with Crippen LogP contribution >= 0.6 is 23.2 Å². The largest absolute Gasteiger partial charge is 0.574 e. The zero-order valence-corrected chi connectivity index (χ0v) is 8.28. The maximum Gasteiger partial charge on any atom is 0.574 e. The number of nitriles is 1. The number of ether oxygens (including phenoxy) is 1. The Morgan fingerprint density at radius 1 is 1.33 bits per heavy atom. The third-order valence-electron chi connectivity index (χ3n) is 1.22. The molecule has 0 atom stereocenters. The minimum absolute atomic E-state index is 0.142. The van der Waals surface area contributed by atoms with Crippen LogP contribution in [0.25, 0.3) is 0 Å². The summed E-state index contributed by atoms with van der Waals surface area (Å²) >= 11 is 10.8. The molecule has 0 amide bonds. The Hall–Kier alpha value is -1.19. The summed E-state index contributed by atoms with van der Waals surface area (Å²) in [5.41, 5.74) is -0.389. The van der Waals surface area contributed by atoms with Crippen molar-refractivity contribution in [1.82, 2.24) is 4.98 Å². The van der Waals surface area contributed by atoms with Gasteiger partial charge in [0, 0.05) is 0 Å². The van der Waals surface area contributed by atoms with Gasteiger partial charge in [0.05, 0.1) is 5.02 Å². The van der Waals surface area contributed by atoms with E-state index in [0.717, 1.165) is 6.07 Å². The standard InChI is InChI=1S/C7HCl2F3N2O/c8-3-1-4(9)6(14-5(3)2-13)15-7(10,11)12/h1H. The van der Waals surface area contributed by atoms with E-state index in [1.54, 1.807) is 0 Å². The molecule has 1 aromatic heterocycles. The lowest BCUT2D eigenvalue weighted by atomic mass is 10.4. The van der Waals surface area contributed by atoms with Crippen LogP contribution in [-0.4, -0.2) is 11.3 Å². The van der Waals surface area contributed by atoms with Gasteiger partial charge in [-0.15, -0.1) is 13.2 Å². The predicted molar refractivity (Wildman–Crippen MR) is 45.7 cm³/mol. The highest BCUT2D eigenvalue weighted by atomic mass is 35.5. The second kappa shape index (κ2) is 4.13. The van der Waals surface area contributed by atoms with Crippen LogP contribution in [0.4, 0.5) is 13.2 Å². The van der Waals surface area contributed by atoms with Crippen molar-refractivity contribution in [2.75, 3.05) is 0 Å². The average Bonchev–Trinajstić information content (AvgIpc) is 2.07. The van der Waals surface area contributed by atoms with Crippen LogP contribution in [0.3, 0.4) is 0 Å². The topological polar surface area (TPSA) is 45.9 Å². The molecule has 1 heterocycles. The van der Waals surface area contributed by atoms with Gasteiger partial charge in [-0.1, -0.05) is 23.2 Å². The Labute approximate surface area is 92.0 Å². The fourth-order valence-corrected chi connectivity index (χ4v) is 1.15. The molecule has 0 aliphatic carbocycles. The van der Waals surface area contributed by atoms with Crippen LogP contribution in [0.2, 0.25) is 10.0 Å². The lowest BCUT2D eigenvalue weighted by Crippen LogP contribution is -2.18. The van der Waals surface area contributed by atoms with E-state index in [9.17, 15) is 13.2 Å². The molecule has 0 aliphatic heterocycles. The molecule has 0 N–H and O–H groups in total. The first-order chi connectivity index (χ1) is 6.83. The summed E-state index contributed by atoms with van der Waals surface area (Å²) in [4.78, 5) is 3.21. The smallest absolute Gasteiger partial charge is 0.386 e. The van der Waals surface area contributed by atoms with Gasteiger partial charge in [-0.25, -0.2) is 0 Å². The molecule has 0 aliphatic rings. The Bertz CT molecular complexity index is 427. The van der Waals surface area contributed by atoms with Crippen LogP contribution in [0.1, 0.15) is 5.69 Å². The molecule has 80 valence electrons. The molecule has 0 saturated heterocycles. The lowest BCUT2D eigenvalue weighted by Gasteiger charge is -2.09. The number of aromatic nitrogens is 1. The molecule has 8 heteroatoms. The van der Waals surface area contributed by atoms with Crippen molar-refractivity contribution in [1.29, 1.82) is 5.26 Å². The number of alkyl halides is 3. The molecular weight excluding hydrogens is 256 g/mol. The van der Waals surface area contributed by atoms with E-state index in [1.165, 1.54) is 6.07 Å². The number of rotatable bonds is 1. The van der Waals surface area contributed by atoms with E-state index >= 15 is 0 Å². The number of pyridine rings is 1. The number of hydrogen-bond acceptors (Lipinski definition) is 3. The highest BCUT2D eigenvalue weighted by Gasteiger charge is 2.33. The van der Waals surface area contributed by atoms with Gasteiger partial charge in [0.2, 0.25) is 5.88 Å². The van der Waals surface area contributed by atoms with E-state index in [0.29, 0.717) is 0 Å². The van der Waals surface area contributed by atoms with E-state index in [1.807, 2.05) is 0 Å². The molecule has 0 bridgehead atoms. The normalized spacial score (nSPS) is 10.9. The quantitative estimate of drug-likeness (QED) is 0.776. The first kappa shape index (κ1) is 11.9. The van der Waals surface area contributed by atoms with Crippen LogP contribution in [0.5, 0.6) is 5.88 Å². The molecule has 3 nitrogen and oxygen atoms in total. The Balaban J connectivity index is 3.15. The van der Waals surface area contributed by atoms with Crippen LogP contribution in [0.15, 0.2) is 6.07 Å². The number of halogens is 5. The monoisotopic (exact) mass is 256 g/mol. The Morgan fingerprint density at radius 2 is 1.93 bits per heavy atom.